The number of amides is 2. The monoisotopic (exact) mass is 534 g/mol. The van der Waals surface area contributed by atoms with Gasteiger partial charge in [0.05, 0.1) is 11.7 Å². The normalized spacial score (nSPS) is 24.2. The van der Waals surface area contributed by atoms with Gasteiger partial charge in [-0.2, -0.15) is 13.2 Å². The highest BCUT2D eigenvalue weighted by atomic mass is 32.2. The zero-order valence-corrected chi connectivity index (χ0v) is 20.8. The van der Waals surface area contributed by atoms with Crippen LogP contribution in [0.25, 0.3) is 0 Å². The van der Waals surface area contributed by atoms with Gasteiger partial charge in [-0.3, -0.25) is 14.6 Å². The van der Waals surface area contributed by atoms with E-state index < -0.39 is 33.0 Å². The first kappa shape index (κ1) is 27.8. The van der Waals surface area contributed by atoms with Crippen LogP contribution in [-0.4, -0.2) is 102 Å². The van der Waals surface area contributed by atoms with Crippen LogP contribution in [0.3, 0.4) is 0 Å². The Kier molecular flexibility index (Phi) is 7.70. The Balaban J connectivity index is 0.000000454. The minimum Gasteiger partial charge on any atom is -0.475 e. The highest BCUT2D eigenvalue weighted by molar-refractivity contribution is 7.88. The lowest BCUT2D eigenvalue weighted by Crippen LogP contribution is -2.53. The number of carboxylic acids is 1. The Morgan fingerprint density at radius 1 is 1.08 bits per heavy atom. The number of likely N-dealkylation sites (tertiary alicyclic amines) is 2. The van der Waals surface area contributed by atoms with E-state index in [1.807, 2.05) is 16.7 Å². The topological polar surface area (TPSA) is 128 Å². The molecule has 0 aromatic carbocycles. The average molecular weight is 535 g/mol. The van der Waals surface area contributed by atoms with Crippen molar-refractivity contribution in [2.75, 3.05) is 45.5 Å². The molecule has 36 heavy (non-hydrogen) atoms. The Labute approximate surface area is 207 Å². The van der Waals surface area contributed by atoms with Gasteiger partial charge in [0.15, 0.2) is 0 Å². The number of hydrogen-bond acceptors (Lipinski definition) is 6. The second-order valence-electron chi connectivity index (χ2n) is 9.36. The minimum atomic E-state index is -5.08. The van der Waals surface area contributed by atoms with E-state index in [-0.39, 0.29) is 18.4 Å². The molecule has 0 aliphatic carbocycles. The first-order valence-corrected chi connectivity index (χ1v) is 13.3. The van der Waals surface area contributed by atoms with Crippen LogP contribution in [0.1, 0.15) is 36.5 Å². The number of carbonyl (C=O) groups is 3. The fraction of sp³-hybridized carbons (Fsp3) is 0.636. The van der Waals surface area contributed by atoms with Crippen LogP contribution in [0.5, 0.6) is 0 Å². The molecular formula is C22H29F3N4O6S. The smallest absolute Gasteiger partial charge is 0.475 e. The summed E-state index contributed by atoms with van der Waals surface area (Å²) in [5, 5.41) is 7.12. The average Bonchev–Trinajstić information content (AvgIpc) is 3.32. The molecule has 10 nitrogen and oxygen atoms in total. The maximum atomic E-state index is 13.4. The van der Waals surface area contributed by atoms with Gasteiger partial charge in [0.1, 0.15) is 0 Å². The molecule has 2 amide bonds. The number of aliphatic carboxylic acids is 1. The molecule has 3 aliphatic heterocycles. The van der Waals surface area contributed by atoms with Crippen molar-refractivity contribution in [2.24, 2.45) is 10.8 Å². The van der Waals surface area contributed by atoms with Crippen molar-refractivity contribution in [1.29, 1.82) is 0 Å². The summed E-state index contributed by atoms with van der Waals surface area (Å²) in [6.45, 7) is 4.96. The van der Waals surface area contributed by atoms with Gasteiger partial charge in [-0.1, -0.05) is 0 Å². The number of rotatable bonds is 3. The molecule has 3 saturated heterocycles. The molecule has 0 bridgehead atoms. The van der Waals surface area contributed by atoms with Crippen molar-refractivity contribution in [3.05, 3.63) is 30.1 Å². The lowest BCUT2D eigenvalue weighted by Gasteiger charge is -2.47. The number of sulfonamides is 1. The zero-order chi connectivity index (χ0) is 26.9. The third kappa shape index (κ3) is 5.19. The van der Waals surface area contributed by atoms with Gasteiger partial charge in [0.2, 0.25) is 15.9 Å². The van der Waals surface area contributed by atoms with Crippen LogP contribution in [-0.2, 0) is 19.6 Å². The molecule has 4 rings (SSSR count). The van der Waals surface area contributed by atoms with Crippen LogP contribution >= 0.6 is 0 Å². The number of nitrogens with zero attached hydrogens (tertiary/aromatic N) is 4. The van der Waals surface area contributed by atoms with Crippen LogP contribution in [0, 0.1) is 10.8 Å². The highest BCUT2D eigenvalue weighted by Crippen LogP contribution is 2.58. The molecule has 3 fully saturated rings. The number of pyridine rings is 1. The van der Waals surface area contributed by atoms with Gasteiger partial charge in [-0.15, -0.1) is 0 Å². The molecule has 1 unspecified atom stereocenters. The van der Waals surface area contributed by atoms with Crippen LogP contribution in [0.2, 0.25) is 0 Å². The second kappa shape index (κ2) is 9.96. The fourth-order valence-corrected chi connectivity index (χ4v) is 6.41. The summed E-state index contributed by atoms with van der Waals surface area (Å²) in [5.41, 5.74) is -0.478. The van der Waals surface area contributed by atoms with Gasteiger partial charge < -0.3 is 14.9 Å². The van der Waals surface area contributed by atoms with Crippen molar-refractivity contribution in [2.45, 2.75) is 32.4 Å². The standard InChI is InChI=1S/C20H28N4O4S.C2HF3O2/c1-3-22-13-8-20(18(22)26)15-24(29(2,27)28)14-19(20)6-11-23(12-7-19)17(25)16-4-9-21-10-5-16;3-2(4,5)1(6)7/h4-5,9-10H,3,6-8,11-15H2,1-2H3;(H,6,7). The number of carboxylic acid groups (broad SMARTS) is 1. The Morgan fingerprint density at radius 3 is 2.08 bits per heavy atom. The quantitative estimate of drug-likeness (QED) is 0.622. The van der Waals surface area contributed by atoms with Gasteiger partial charge in [-0.25, -0.2) is 17.5 Å². The van der Waals surface area contributed by atoms with E-state index in [0.29, 0.717) is 57.5 Å². The molecule has 200 valence electrons. The van der Waals surface area contributed by atoms with E-state index in [4.69, 9.17) is 9.90 Å². The summed E-state index contributed by atoms with van der Waals surface area (Å²) in [4.78, 5) is 42.7. The van der Waals surface area contributed by atoms with Crippen LogP contribution in [0.4, 0.5) is 13.2 Å². The van der Waals surface area contributed by atoms with Crippen molar-refractivity contribution in [1.82, 2.24) is 19.1 Å². The summed E-state index contributed by atoms with van der Waals surface area (Å²) in [7, 11) is -3.39. The van der Waals surface area contributed by atoms with Crippen molar-refractivity contribution in [3.8, 4) is 0 Å². The maximum Gasteiger partial charge on any atom is 0.490 e. The predicted molar refractivity (Wildman–Crippen MR) is 121 cm³/mol. The maximum absolute atomic E-state index is 13.4. The van der Waals surface area contributed by atoms with Crippen molar-refractivity contribution in [3.63, 3.8) is 0 Å². The summed E-state index contributed by atoms with van der Waals surface area (Å²) in [6.07, 6.45) is 1.30. The van der Waals surface area contributed by atoms with E-state index in [1.165, 1.54) is 10.6 Å². The summed E-state index contributed by atoms with van der Waals surface area (Å²) >= 11 is 0. The van der Waals surface area contributed by atoms with Crippen LogP contribution < -0.4 is 0 Å². The minimum absolute atomic E-state index is 0.0396. The molecule has 3 aliphatic rings. The molecule has 2 spiro atoms. The van der Waals surface area contributed by atoms with E-state index >= 15 is 0 Å². The van der Waals surface area contributed by atoms with Crippen molar-refractivity contribution < 1.29 is 41.1 Å². The molecule has 14 heteroatoms. The lowest BCUT2D eigenvalue weighted by atomic mass is 9.60. The molecule has 1 atom stereocenters. The molecule has 1 aromatic rings. The molecular weight excluding hydrogens is 505 g/mol. The SMILES string of the molecule is CCN1CCC2(CN(S(C)(=O)=O)CC23CCN(C(=O)c2ccncc2)CC3)C1=O.O=C(O)C(F)(F)F. The van der Waals surface area contributed by atoms with Crippen molar-refractivity contribution >= 4 is 27.8 Å². The second-order valence-corrected chi connectivity index (χ2v) is 11.3. The molecule has 0 saturated carbocycles. The zero-order valence-electron chi connectivity index (χ0n) is 20.0. The Hall–Kier alpha value is -2.74. The number of piperidine rings is 1. The third-order valence-corrected chi connectivity index (χ3v) is 8.67. The van der Waals surface area contributed by atoms with Gasteiger partial charge in [-0.05, 0) is 38.3 Å². The molecule has 1 N–H and O–H groups in total. The van der Waals surface area contributed by atoms with Gasteiger partial charge >= 0.3 is 12.1 Å². The number of fused-ring (bicyclic) bond motifs is 1. The van der Waals surface area contributed by atoms with Crippen LogP contribution in [0.15, 0.2) is 24.5 Å². The highest BCUT2D eigenvalue weighted by Gasteiger charge is 2.66. The number of aromatic nitrogens is 1. The largest absolute Gasteiger partial charge is 0.490 e. The number of hydrogen-bond donors (Lipinski definition) is 1. The number of alkyl halides is 3. The summed E-state index contributed by atoms with van der Waals surface area (Å²) < 4.78 is 57.9. The Morgan fingerprint density at radius 2 is 1.64 bits per heavy atom. The van der Waals surface area contributed by atoms with Gasteiger partial charge in [0.25, 0.3) is 5.91 Å². The van der Waals surface area contributed by atoms with Gasteiger partial charge in [0, 0.05) is 62.6 Å². The predicted octanol–water partition coefficient (Wildman–Crippen LogP) is 1.45. The number of carbonyl (C=O) groups excluding carboxylic acids is 2. The van der Waals surface area contributed by atoms with E-state index in [9.17, 15) is 31.2 Å². The molecule has 4 heterocycles. The number of halogens is 3. The fourth-order valence-electron chi connectivity index (χ4n) is 5.48. The lowest BCUT2D eigenvalue weighted by molar-refractivity contribution is -0.192. The molecule has 1 aromatic heterocycles. The first-order valence-electron chi connectivity index (χ1n) is 11.4. The first-order chi connectivity index (χ1) is 16.7. The summed E-state index contributed by atoms with van der Waals surface area (Å²) in [6, 6.07) is 3.41. The summed E-state index contributed by atoms with van der Waals surface area (Å²) in [5.74, 6) is -2.71. The third-order valence-electron chi connectivity index (χ3n) is 7.47. The Bertz CT molecular complexity index is 1110. The van der Waals surface area contributed by atoms with E-state index in [2.05, 4.69) is 4.98 Å². The molecule has 0 radical (unpaired) electrons. The van der Waals surface area contributed by atoms with E-state index in [1.54, 1.807) is 24.5 Å². The van der Waals surface area contributed by atoms with E-state index in [0.717, 1.165) is 0 Å².